The molecule has 0 saturated heterocycles. The van der Waals surface area contributed by atoms with Crippen LogP contribution in [0.4, 0.5) is 11.4 Å². The quantitative estimate of drug-likeness (QED) is 0.474. The lowest BCUT2D eigenvalue weighted by atomic mass is 10.1. The lowest BCUT2D eigenvalue weighted by Crippen LogP contribution is -2.39. The predicted molar refractivity (Wildman–Crippen MR) is 109 cm³/mol. The maximum Gasteiger partial charge on any atom is 0.271 e. The van der Waals surface area contributed by atoms with E-state index in [0.29, 0.717) is 0 Å². The van der Waals surface area contributed by atoms with Crippen LogP contribution in [0.2, 0.25) is 0 Å². The van der Waals surface area contributed by atoms with E-state index in [0.717, 1.165) is 11.1 Å². The Hall–Kier alpha value is -3.39. The van der Waals surface area contributed by atoms with Crippen LogP contribution < -0.4 is 9.04 Å². The summed E-state index contributed by atoms with van der Waals surface area (Å²) in [6, 6.07) is 19.8. The Morgan fingerprint density at radius 2 is 1.72 bits per heavy atom. The van der Waals surface area contributed by atoms with Crippen molar-refractivity contribution in [2.75, 3.05) is 10.8 Å². The topological polar surface area (TPSA) is 89.8 Å². The van der Waals surface area contributed by atoms with E-state index in [9.17, 15) is 18.5 Å². The zero-order valence-electron chi connectivity index (χ0n) is 15.6. The molecule has 4 rings (SSSR count). The van der Waals surface area contributed by atoms with E-state index in [2.05, 4.69) is 0 Å². The summed E-state index contributed by atoms with van der Waals surface area (Å²) >= 11 is 0. The highest BCUT2D eigenvalue weighted by molar-refractivity contribution is 7.92. The summed E-state index contributed by atoms with van der Waals surface area (Å²) < 4.78 is 34.0. The maximum atomic E-state index is 13.4. The third-order valence-electron chi connectivity index (χ3n) is 4.80. The molecule has 7 nitrogen and oxygen atoms in total. The van der Waals surface area contributed by atoms with Crippen molar-refractivity contribution in [2.45, 2.75) is 17.9 Å². The van der Waals surface area contributed by atoms with Gasteiger partial charge in [-0.05, 0) is 30.7 Å². The summed E-state index contributed by atoms with van der Waals surface area (Å²) in [6.45, 7) is 1.88. The normalized spacial score (nSPS) is 16.0. The smallest absolute Gasteiger partial charge is 0.271 e. The van der Waals surface area contributed by atoms with Gasteiger partial charge in [-0.25, -0.2) is 8.42 Å². The van der Waals surface area contributed by atoms with Crippen molar-refractivity contribution in [3.05, 3.63) is 94.0 Å². The number of nitrogens with zero attached hydrogens (tertiary/aromatic N) is 2. The molecule has 8 heteroatoms. The van der Waals surface area contributed by atoms with Crippen LogP contribution >= 0.6 is 0 Å². The van der Waals surface area contributed by atoms with Gasteiger partial charge in [-0.1, -0.05) is 48.0 Å². The van der Waals surface area contributed by atoms with Gasteiger partial charge < -0.3 is 4.74 Å². The molecule has 0 spiro atoms. The minimum atomic E-state index is -3.94. The lowest BCUT2D eigenvalue weighted by Gasteiger charge is -2.35. The largest absolute Gasteiger partial charge is 0.482 e. The monoisotopic (exact) mass is 410 g/mol. The molecule has 0 bridgehead atoms. The standard InChI is InChI=1S/C21H18N2O5S/c1-15-7-10-18(11-8-15)29(26,27)22-14-21(16-5-3-2-4-6-16)28-20-12-9-17(23(24)25)13-19(20)22/h2-13,21H,14H2,1H3. The van der Waals surface area contributed by atoms with Crippen molar-refractivity contribution in [2.24, 2.45) is 0 Å². The Labute approximate surface area is 168 Å². The molecule has 0 aromatic heterocycles. The van der Waals surface area contributed by atoms with Crippen molar-refractivity contribution in [3.8, 4) is 5.75 Å². The van der Waals surface area contributed by atoms with E-state index in [1.54, 1.807) is 12.1 Å². The first-order valence-electron chi connectivity index (χ1n) is 8.96. The van der Waals surface area contributed by atoms with Crippen LogP contribution in [-0.4, -0.2) is 19.9 Å². The van der Waals surface area contributed by atoms with Gasteiger partial charge in [-0.15, -0.1) is 0 Å². The Balaban J connectivity index is 1.85. The molecule has 1 heterocycles. The Morgan fingerprint density at radius 3 is 2.38 bits per heavy atom. The third kappa shape index (κ3) is 3.54. The summed E-state index contributed by atoms with van der Waals surface area (Å²) in [7, 11) is -3.94. The van der Waals surface area contributed by atoms with Crippen LogP contribution in [0, 0.1) is 17.0 Å². The van der Waals surface area contributed by atoms with Gasteiger partial charge in [0.05, 0.1) is 16.4 Å². The number of aryl methyl sites for hydroxylation is 1. The van der Waals surface area contributed by atoms with Gasteiger partial charge in [0.1, 0.15) is 17.5 Å². The fourth-order valence-corrected chi connectivity index (χ4v) is 4.73. The molecular formula is C21H18N2O5S. The zero-order chi connectivity index (χ0) is 20.6. The summed E-state index contributed by atoms with van der Waals surface area (Å²) in [6.07, 6.45) is -0.537. The number of fused-ring (bicyclic) bond motifs is 1. The fraction of sp³-hybridized carbons (Fsp3) is 0.143. The number of hydrogen-bond donors (Lipinski definition) is 0. The van der Waals surface area contributed by atoms with E-state index >= 15 is 0 Å². The van der Waals surface area contributed by atoms with Crippen LogP contribution in [0.3, 0.4) is 0 Å². The highest BCUT2D eigenvalue weighted by Crippen LogP contribution is 2.42. The number of benzene rings is 3. The molecule has 0 fully saturated rings. The van der Waals surface area contributed by atoms with Gasteiger partial charge in [0.15, 0.2) is 0 Å². The number of anilines is 1. The Morgan fingerprint density at radius 1 is 1.03 bits per heavy atom. The number of nitro groups is 1. The molecule has 3 aromatic rings. The lowest BCUT2D eigenvalue weighted by molar-refractivity contribution is -0.384. The van der Waals surface area contributed by atoms with Crippen LogP contribution in [0.15, 0.2) is 77.7 Å². The van der Waals surface area contributed by atoms with E-state index < -0.39 is 21.1 Å². The second-order valence-electron chi connectivity index (χ2n) is 6.78. The fourth-order valence-electron chi connectivity index (χ4n) is 3.26. The minimum Gasteiger partial charge on any atom is -0.482 e. The van der Waals surface area contributed by atoms with Gasteiger partial charge in [0.2, 0.25) is 0 Å². The zero-order valence-corrected chi connectivity index (χ0v) is 16.4. The third-order valence-corrected chi connectivity index (χ3v) is 6.60. The average Bonchev–Trinajstić information content (AvgIpc) is 2.73. The minimum absolute atomic E-state index is 0.00832. The SMILES string of the molecule is Cc1ccc(S(=O)(=O)N2CC(c3ccccc3)Oc3ccc([N+](=O)[O-])cc32)cc1. The first-order valence-corrected chi connectivity index (χ1v) is 10.4. The predicted octanol–water partition coefficient (Wildman–Crippen LogP) is 4.23. The van der Waals surface area contributed by atoms with Crippen molar-refractivity contribution < 1.29 is 18.1 Å². The highest BCUT2D eigenvalue weighted by atomic mass is 32.2. The van der Waals surface area contributed by atoms with Crippen molar-refractivity contribution in [1.29, 1.82) is 0 Å². The van der Waals surface area contributed by atoms with Gasteiger partial charge in [-0.3, -0.25) is 14.4 Å². The van der Waals surface area contributed by atoms with Crippen LogP contribution in [0.1, 0.15) is 17.2 Å². The first kappa shape index (κ1) is 18.9. The van der Waals surface area contributed by atoms with E-state index in [1.165, 1.54) is 34.6 Å². The van der Waals surface area contributed by atoms with Gasteiger partial charge in [-0.2, -0.15) is 0 Å². The molecule has 0 amide bonds. The second-order valence-corrected chi connectivity index (χ2v) is 8.64. The van der Waals surface area contributed by atoms with E-state index in [4.69, 9.17) is 4.74 Å². The number of rotatable bonds is 4. The molecule has 3 aromatic carbocycles. The summed E-state index contributed by atoms with van der Waals surface area (Å²) in [5, 5.41) is 11.2. The number of hydrogen-bond acceptors (Lipinski definition) is 5. The van der Waals surface area contributed by atoms with Gasteiger partial charge in [0, 0.05) is 12.1 Å². The second kappa shape index (κ2) is 7.21. The van der Waals surface area contributed by atoms with Crippen molar-refractivity contribution in [1.82, 2.24) is 0 Å². The van der Waals surface area contributed by atoms with E-state index in [1.807, 2.05) is 37.3 Å². The molecule has 148 valence electrons. The van der Waals surface area contributed by atoms with Crippen molar-refractivity contribution in [3.63, 3.8) is 0 Å². The summed E-state index contributed by atoms with van der Waals surface area (Å²) in [4.78, 5) is 10.8. The molecule has 0 aliphatic carbocycles. The summed E-state index contributed by atoms with van der Waals surface area (Å²) in [5.74, 6) is 0.284. The molecule has 0 radical (unpaired) electrons. The molecule has 1 unspecified atom stereocenters. The van der Waals surface area contributed by atoms with Crippen molar-refractivity contribution >= 4 is 21.4 Å². The number of nitro benzene ring substituents is 1. The molecule has 1 aliphatic heterocycles. The maximum absolute atomic E-state index is 13.4. The Kier molecular flexibility index (Phi) is 4.71. The first-order chi connectivity index (χ1) is 13.9. The molecule has 0 N–H and O–H groups in total. The number of sulfonamides is 1. The van der Waals surface area contributed by atoms with Crippen LogP contribution in [-0.2, 0) is 10.0 Å². The van der Waals surface area contributed by atoms with Gasteiger partial charge in [0.25, 0.3) is 15.7 Å². The summed E-state index contributed by atoms with van der Waals surface area (Å²) in [5.41, 5.74) is 1.71. The van der Waals surface area contributed by atoms with Crippen LogP contribution in [0.5, 0.6) is 5.75 Å². The van der Waals surface area contributed by atoms with Gasteiger partial charge >= 0.3 is 0 Å². The van der Waals surface area contributed by atoms with Crippen LogP contribution in [0.25, 0.3) is 0 Å². The number of non-ortho nitro benzene ring substituents is 1. The van der Waals surface area contributed by atoms with E-state index in [-0.39, 0.29) is 28.6 Å². The highest BCUT2D eigenvalue weighted by Gasteiger charge is 2.36. The Bertz CT molecular complexity index is 1160. The number of ether oxygens (including phenoxy) is 1. The molecule has 0 saturated carbocycles. The molecule has 29 heavy (non-hydrogen) atoms. The molecule has 1 atom stereocenters. The molecule has 1 aliphatic rings. The average molecular weight is 410 g/mol. The molecular weight excluding hydrogens is 392 g/mol.